The second kappa shape index (κ2) is 8.03. The van der Waals surface area contributed by atoms with E-state index in [1.54, 1.807) is 16.7 Å². The molecule has 1 amide bonds. The van der Waals surface area contributed by atoms with Crippen LogP contribution in [-0.4, -0.2) is 36.0 Å². The number of thioether (sulfide) groups is 1. The number of ether oxygens (including phenoxy) is 1. The Morgan fingerprint density at radius 1 is 1.08 bits per heavy atom. The maximum atomic E-state index is 12.7. The Kier molecular flexibility index (Phi) is 5.76. The van der Waals surface area contributed by atoms with Crippen molar-refractivity contribution in [2.75, 3.05) is 18.8 Å². The van der Waals surface area contributed by atoms with Crippen molar-refractivity contribution >= 4 is 17.7 Å². The first kappa shape index (κ1) is 18.6. The van der Waals surface area contributed by atoms with Crippen LogP contribution in [0.2, 0.25) is 0 Å². The highest BCUT2D eigenvalue weighted by Gasteiger charge is 2.31. The van der Waals surface area contributed by atoms with Crippen molar-refractivity contribution < 1.29 is 22.7 Å². The third-order valence-electron chi connectivity index (χ3n) is 4.11. The highest BCUT2D eigenvalue weighted by atomic mass is 32.2. The minimum Gasteiger partial charge on any atom is -0.406 e. The maximum Gasteiger partial charge on any atom is 0.573 e. The fourth-order valence-corrected chi connectivity index (χ4v) is 4.15. The Morgan fingerprint density at radius 2 is 1.85 bits per heavy atom. The van der Waals surface area contributed by atoms with Crippen molar-refractivity contribution in [2.24, 2.45) is 0 Å². The molecule has 1 heterocycles. The number of benzene rings is 2. The predicted molar refractivity (Wildman–Crippen MR) is 95.3 cm³/mol. The van der Waals surface area contributed by atoms with Gasteiger partial charge in [-0.15, -0.1) is 13.2 Å². The van der Waals surface area contributed by atoms with Gasteiger partial charge in [0.05, 0.1) is 0 Å². The Balaban J connectivity index is 1.68. The van der Waals surface area contributed by atoms with Crippen LogP contribution >= 0.6 is 11.8 Å². The van der Waals surface area contributed by atoms with E-state index in [4.69, 9.17) is 0 Å². The highest BCUT2D eigenvalue weighted by molar-refractivity contribution is 7.99. The number of nitrogens with zero attached hydrogens (tertiary/aromatic N) is 1. The summed E-state index contributed by atoms with van der Waals surface area (Å²) in [6.45, 7) is 1.13. The van der Waals surface area contributed by atoms with Crippen molar-refractivity contribution in [2.45, 2.75) is 18.0 Å². The topological polar surface area (TPSA) is 29.5 Å². The lowest BCUT2D eigenvalue weighted by Crippen LogP contribution is -2.33. The van der Waals surface area contributed by atoms with E-state index in [-0.39, 0.29) is 17.2 Å². The fraction of sp³-hybridized carbons (Fsp3) is 0.316. The van der Waals surface area contributed by atoms with E-state index in [2.05, 4.69) is 16.9 Å². The van der Waals surface area contributed by atoms with Crippen LogP contribution in [-0.2, 0) is 0 Å². The number of halogens is 3. The summed E-state index contributed by atoms with van der Waals surface area (Å²) < 4.78 is 41.0. The van der Waals surface area contributed by atoms with Crippen molar-refractivity contribution in [1.29, 1.82) is 0 Å². The van der Waals surface area contributed by atoms with E-state index in [9.17, 15) is 18.0 Å². The van der Waals surface area contributed by atoms with Crippen LogP contribution in [0, 0.1) is 0 Å². The van der Waals surface area contributed by atoms with Gasteiger partial charge < -0.3 is 9.64 Å². The molecular formula is C19H18F3NO2S. The second-order valence-corrected chi connectivity index (χ2v) is 7.24. The molecule has 0 saturated carbocycles. The number of alkyl halides is 3. The Hall–Kier alpha value is -2.15. The summed E-state index contributed by atoms with van der Waals surface area (Å²) in [6.07, 6.45) is -3.97. The zero-order chi connectivity index (χ0) is 18.6. The van der Waals surface area contributed by atoms with Gasteiger partial charge in [-0.1, -0.05) is 36.4 Å². The molecule has 1 fully saturated rings. The largest absolute Gasteiger partial charge is 0.573 e. The summed E-state index contributed by atoms with van der Waals surface area (Å²) in [5, 5.41) is 0.314. The highest BCUT2D eigenvalue weighted by Crippen LogP contribution is 2.34. The number of hydrogen-bond donors (Lipinski definition) is 0. The minimum absolute atomic E-state index is 0.204. The van der Waals surface area contributed by atoms with Gasteiger partial charge in [-0.05, 0) is 30.2 Å². The van der Waals surface area contributed by atoms with E-state index in [1.165, 1.54) is 23.8 Å². The van der Waals surface area contributed by atoms with Gasteiger partial charge in [0.1, 0.15) is 5.75 Å². The fourth-order valence-electron chi connectivity index (χ4n) is 2.92. The first-order valence-electron chi connectivity index (χ1n) is 8.24. The first-order valence-corrected chi connectivity index (χ1v) is 9.29. The van der Waals surface area contributed by atoms with Gasteiger partial charge >= 0.3 is 6.36 Å². The number of hydrogen-bond acceptors (Lipinski definition) is 3. The summed E-state index contributed by atoms with van der Waals surface area (Å²) in [5.74, 6) is 0.131. The first-order chi connectivity index (χ1) is 12.4. The van der Waals surface area contributed by atoms with Gasteiger partial charge in [-0.25, -0.2) is 0 Å². The lowest BCUT2D eigenvalue weighted by molar-refractivity contribution is -0.274. The summed E-state index contributed by atoms with van der Waals surface area (Å²) >= 11 is 1.80. The summed E-state index contributed by atoms with van der Waals surface area (Å²) in [6, 6.07) is 15.4. The summed E-state index contributed by atoms with van der Waals surface area (Å²) in [4.78, 5) is 14.4. The molecule has 0 radical (unpaired) electrons. The van der Waals surface area contributed by atoms with Crippen molar-refractivity contribution in [3.8, 4) is 5.75 Å². The van der Waals surface area contributed by atoms with Crippen molar-refractivity contribution in [3.05, 3.63) is 65.7 Å². The zero-order valence-corrected chi connectivity index (χ0v) is 14.7. The van der Waals surface area contributed by atoms with E-state index in [0.29, 0.717) is 18.3 Å². The molecule has 0 N–H and O–H groups in total. The molecule has 7 heteroatoms. The molecule has 1 aliphatic rings. The number of carbonyl (C=O) groups is 1. The zero-order valence-electron chi connectivity index (χ0n) is 13.9. The molecule has 3 nitrogen and oxygen atoms in total. The molecule has 1 saturated heterocycles. The van der Waals surface area contributed by atoms with Crippen LogP contribution in [0.4, 0.5) is 13.2 Å². The Labute approximate surface area is 154 Å². The van der Waals surface area contributed by atoms with Gasteiger partial charge in [-0.2, -0.15) is 11.8 Å². The molecule has 0 spiro atoms. The van der Waals surface area contributed by atoms with Crippen LogP contribution in [0.15, 0.2) is 54.6 Å². The average Bonchev–Trinajstić information content (AvgIpc) is 2.87. The third kappa shape index (κ3) is 4.94. The summed E-state index contributed by atoms with van der Waals surface area (Å²) in [5.41, 5.74) is 1.43. The number of carbonyl (C=O) groups excluding carboxylic acids is 1. The smallest absolute Gasteiger partial charge is 0.406 e. The van der Waals surface area contributed by atoms with Crippen molar-refractivity contribution in [3.63, 3.8) is 0 Å². The molecule has 0 aromatic heterocycles. The quantitative estimate of drug-likeness (QED) is 0.757. The molecule has 1 unspecified atom stereocenters. The molecular weight excluding hydrogens is 363 g/mol. The van der Waals surface area contributed by atoms with Gasteiger partial charge in [0.2, 0.25) is 0 Å². The Bertz CT molecular complexity index is 752. The van der Waals surface area contributed by atoms with Gasteiger partial charge in [0.15, 0.2) is 0 Å². The van der Waals surface area contributed by atoms with Crippen LogP contribution in [0.1, 0.15) is 27.6 Å². The number of rotatable bonds is 3. The lowest BCUT2D eigenvalue weighted by atomic mass is 10.1. The maximum absolute atomic E-state index is 12.7. The van der Waals surface area contributed by atoms with Crippen LogP contribution in [0.25, 0.3) is 0 Å². The second-order valence-electron chi connectivity index (χ2n) is 5.93. The van der Waals surface area contributed by atoms with E-state index < -0.39 is 6.36 Å². The van der Waals surface area contributed by atoms with Crippen LogP contribution in [0.5, 0.6) is 5.75 Å². The van der Waals surface area contributed by atoms with Crippen LogP contribution in [0.3, 0.4) is 0 Å². The molecule has 0 aliphatic carbocycles. The lowest BCUT2D eigenvalue weighted by Gasteiger charge is -2.21. The molecule has 138 valence electrons. The molecule has 2 aromatic rings. The normalized spacial score (nSPS) is 18.3. The summed E-state index contributed by atoms with van der Waals surface area (Å²) in [7, 11) is 0. The van der Waals surface area contributed by atoms with E-state index in [0.717, 1.165) is 18.2 Å². The van der Waals surface area contributed by atoms with Crippen molar-refractivity contribution in [1.82, 2.24) is 4.90 Å². The molecule has 1 aliphatic heterocycles. The van der Waals surface area contributed by atoms with E-state index >= 15 is 0 Å². The monoisotopic (exact) mass is 381 g/mol. The van der Waals surface area contributed by atoms with Gasteiger partial charge in [0, 0.05) is 29.7 Å². The van der Waals surface area contributed by atoms with Gasteiger partial charge in [0.25, 0.3) is 5.91 Å². The Morgan fingerprint density at radius 3 is 2.58 bits per heavy atom. The van der Waals surface area contributed by atoms with Gasteiger partial charge in [-0.3, -0.25) is 4.79 Å². The predicted octanol–water partition coefficient (Wildman–Crippen LogP) is 4.91. The third-order valence-corrected chi connectivity index (χ3v) is 5.44. The minimum atomic E-state index is -4.77. The molecule has 1 atom stereocenters. The van der Waals surface area contributed by atoms with E-state index in [1.807, 2.05) is 18.2 Å². The standard InChI is InChI=1S/C19H18F3NO2S/c20-19(21,22)25-16-8-4-7-15(13-16)18(24)23-10-9-17(26-12-11-23)14-5-2-1-3-6-14/h1-8,13,17H,9-12H2. The molecule has 0 bridgehead atoms. The molecule has 2 aromatic carbocycles. The molecule has 3 rings (SSSR count). The SMILES string of the molecule is O=C(c1cccc(OC(F)(F)F)c1)N1CCSC(c2ccccc2)CC1. The average molecular weight is 381 g/mol. The van der Waals surface area contributed by atoms with Crippen LogP contribution < -0.4 is 4.74 Å². The molecule has 26 heavy (non-hydrogen) atoms. The number of amides is 1.